The molecule has 7 heteroatoms. The van der Waals surface area contributed by atoms with E-state index in [2.05, 4.69) is 10.1 Å². The van der Waals surface area contributed by atoms with Gasteiger partial charge in [-0.05, 0) is 37.3 Å². The van der Waals surface area contributed by atoms with Crippen molar-refractivity contribution < 1.29 is 13.7 Å². The molecular formula is C19H15ClFN3O2. The molecule has 1 amide bonds. The lowest BCUT2D eigenvalue weighted by molar-refractivity contribution is -0.117. The minimum absolute atomic E-state index is 0.0103. The van der Waals surface area contributed by atoms with Crippen molar-refractivity contribution in [1.82, 2.24) is 10.1 Å². The van der Waals surface area contributed by atoms with Gasteiger partial charge in [-0.2, -0.15) is 4.98 Å². The van der Waals surface area contributed by atoms with Crippen molar-refractivity contribution in [3.05, 3.63) is 64.8 Å². The Kier molecular flexibility index (Phi) is 4.20. The number of halogens is 2. The van der Waals surface area contributed by atoms with Crippen LogP contribution in [0.2, 0.25) is 5.02 Å². The number of hydrogen-bond donors (Lipinski definition) is 0. The van der Waals surface area contributed by atoms with E-state index < -0.39 is 5.82 Å². The van der Waals surface area contributed by atoms with Crippen molar-refractivity contribution in [2.24, 2.45) is 0 Å². The van der Waals surface area contributed by atoms with Crippen molar-refractivity contribution in [1.29, 1.82) is 0 Å². The first-order valence-electron chi connectivity index (χ1n) is 8.17. The van der Waals surface area contributed by atoms with E-state index in [1.807, 2.05) is 31.2 Å². The molecule has 1 aromatic heterocycles. The summed E-state index contributed by atoms with van der Waals surface area (Å²) >= 11 is 5.69. The van der Waals surface area contributed by atoms with E-state index in [1.165, 1.54) is 12.1 Å². The van der Waals surface area contributed by atoms with Crippen molar-refractivity contribution >= 4 is 23.2 Å². The highest BCUT2D eigenvalue weighted by atomic mass is 35.5. The molecule has 0 N–H and O–H groups in total. The van der Waals surface area contributed by atoms with Crippen LogP contribution in [-0.4, -0.2) is 22.6 Å². The van der Waals surface area contributed by atoms with Crippen molar-refractivity contribution in [3.63, 3.8) is 0 Å². The number of amides is 1. The van der Waals surface area contributed by atoms with Gasteiger partial charge < -0.3 is 9.42 Å². The molecule has 0 aliphatic carbocycles. The van der Waals surface area contributed by atoms with Gasteiger partial charge in [0.25, 0.3) is 0 Å². The lowest BCUT2D eigenvalue weighted by Crippen LogP contribution is -2.24. The van der Waals surface area contributed by atoms with E-state index in [0.717, 1.165) is 11.3 Å². The second kappa shape index (κ2) is 6.53. The first-order chi connectivity index (χ1) is 12.5. The molecule has 1 aliphatic rings. The number of anilines is 1. The quantitative estimate of drug-likeness (QED) is 0.686. The van der Waals surface area contributed by atoms with Gasteiger partial charge in [-0.3, -0.25) is 4.79 Å². The summed E-state index contributed by atoms with van der Waals surface area (Å²) in [6.07, 6.45) is 0.296. The van der Waals surface area contributed by atoms with E-state index in [9.17, 15) is 9.18 Å². The third-order valence-corrected chi connectivity index (χ3v) is 4.75. The molecule has 1 aliphatic heterocycles. The van der Waals surface area contributed by atoms with Crippen LogP contribution < -0.4 is 4.90 Å². The molecule has 0 saturated carbocycles. The Bertz CT molecular complexity index is 971. The standard InChI is InChI=1S/C19H15ClFN3O2/c1-11-2-5-14(6-3-11)24-10-13(9-17(24)25)19-22-18(23-26-19)12-4-7-15(20)16(21)8-12/h2-8,13H,9-10H2,1H3. The molecule has 0 radical (unpaired) electrons. The highest BCUT2D eigenvalue weighted by Gasteiger charge is 2.35. The molecular weight excluding hydrogens is 357 g/mol. The van der Waals surface area contributed by atoms with E-state index in [-0.39, 0.29) is 22.7 Å². The summed E-state index contributed by atoms with van der Waals surface area (Å²) in [6, 6.07) is 12.1. The molecule has 1 atom stereocenters. The Morgan fingerprint density at radius 3 is 2.73 bits per heavy atom. The Hall–Kier alpha value is -2.73. The third-order valence-electron chi connectivity index (χ3n) is 4.44. The molecule has 1 fully saturated rings. The summed E-state index contributed by atoms with van der Waals surface area (Å²) in [7, 11) is 0. The Labute approximate surface area is 154 Å². The smallest absolute Gasteiger partial charge is 0.232 e. The summed E-state index contributed by atoms with van der Waals surface area (Å²) in [5, 5.41) is 3.95. The van der Waals surface area contributed by atoms with Gasteiger partial charge in [0.05, 0.1) is 10.9 Å². The fraction of sp³-hybridized carbons (Fsp3) is 0.211. The molecule has 5 nitrogen and oxygen atoms in total. The van der Waals surface area contributed by atoms with E-state index in [1.54, 1.807) is 11.0 Å². The molecule has 3 aromatic rings. The zero-order chi connectivity index (χ0) is 18.3. The SMILES string of the molecule is Cc1ccc(N2CC(c3nc(-c4ccc(Cl)c(F)c4)no3)CC2=O)cc1. The van der Waals surface area contributed by atoms with Crippen molar-refractivity contribution in [2.75, 3.05) is 11.4 Å². The predicted molar refractivity (Wildman–Crippen MR) is 95.6 cm³/mol. The number of rotatable bonds is 3. The number of carbonyl (C=O) groups is 1. The van der Waals surface area contributed by atoms with Crippen molar-refractivity contribution in [3.8, 4) is 11.4 Å². The van der Waals surface area contributed by atoms with Gasteiger partial charge in [0.2, 0.25) is 17.6 Å². The van der Waals surface area contributed by atoms with Gasteiger partial charge in [-0.15, -0.1) is 0 Å². The summed E-state index contributed by atoms with van der Waals surface area (Å²) < 4.78 is 19.0. The van der Waals surface area contributed by atoms with Crippen LogP contribution >= 0.6 is 11.6 Å². The topological polar surface area (TPSA) is 59.2 Å². The largest absolute Gasteiger partial charge is 0.339 e. The second-order valence-electron chi connectivity index (χ2n) is 6.33. The van der Waals surface area contributed by atoms with Gasteiger partial charge in [-0.25, -0.2) is 4.39 Å². The summed E-state index contributed by atoms with van der Waals surface area (Å²) in [5.41, 5.74) is 2.46. The molecule has 26 heavy (non-hydrogen) atoms. The number of aromatic nitrogens is 2. The fourth-order valence-electron chi connectivity index (χ4n) is 3.00. The molecule has 2 aromatic carbocycles. The molecule has 0 spiro atoms. The normalized spacial score (nSPS) is 17.1. The van der Waals surface area contributed by atoms with Crippen LogP contribution in [0.1, 0.15) is 23.8 Å². The second-order valence-corrected chi connectivity index (χ2v) is 6.73. The predicted octanol–water partition coefficient (Wildman–Crippen LogP) is 4.36. The molecule has 1 saturated heterocycles. The monoisotopic (exact) mass is 371 g/mol. The molecule has 132 valence electrons. The first kappa shape index (κ1) is 16.7. The third kappa shape index (κ3) is 3.08. The Morgan fingerprint density at radius 2 is 2.00 bits per heavy atom. The molecule has 0 bridgehead atoms. The highest BCUT2D eigenvalue weighted by Crippen LogP contribution is 2.32. The highest BCUT2D eigenvalue weighted by molar-refractivity contribution is 6.30. The lowest BCUT2D eigenvalue weighted by Gasteiger charge is -2.16. The van der Waals surface area contributed by atoms with Gasteiger partial charge in [0.15, 0.2) is 0 Å². The first-order valence-corrected chi connectivity index (χ1v) is 8.55. The van der Waals surface area contributed by atoms with Gasteiger partial charge >= 0.3 is 0 Å². The van der Waals surface area contributed by atoms with Gasteiger partial charge in [-0.1, -0.05) is 34.5 Å². The number of carbonyl (C=O) groups excluding carboxylic acids is 1. The summed E-state index contributed by atoms with van der Waals surface area (Å²) in [4.78, 5) is 18.4. The lowest BCUT2D eigenvalue weighted by atomic mass is 10.1. The minimum atomic E-state index is -0.544. The number of hydrogen-bond acceptors (Lipinski definition) is 4. The maximum Gasteiger partial charge on any atom is 0.232 e. The zero-order valence-corrected chi connectivity index (χ0v) is 14.7. The van der Waals surface area contributed by atoms with E-state index in [0.29, 0.717) is 24.4 Å². The maximum atomic E-state index is 13.6. The summed E-state index contributed by atoms with van der Waals surface area (Å²) in [5.74, 6) is -0.0782. The number of aryl methyl sites for hydroxylation is 1. The van der Waals surface area contributed by atoms with Gasteiger partial charge in [0, 0.05) is 24.2 Å². The van der Waals surface area contributed by atoms with Crippen LogP contribution in [-0.2, 0) is 4.79 Å². The molecule has 4 rings (SSSR count). The van der Waals surface area contributed by atoms with Crippen LogP contribution in [0.3, 0.4) is 0 Å². The zero-order valence-electron chi connectivity index (χ0n) is 13.9. The average molecular weight is 372 g/mol. The molecule has 2 heterocycles. The van der Waals surface area contributed by atoms with Crippen LogP contribution in [0, 0.1) is 12.7 Å². The van der Waals surface area contributed by atoms with Crippen LogP contribution in [0.4, 0.5) is 10.1 Å². The van der Waals surface area contributed by atoms with Crippen LogP contribution in [0.15, 0.2) is 47.0 Å². The fourth-order valence-corrected chi connectivity index (χ4v) is 3.12. The van der Waals surface area contributed by atoms with Crippen LogP contribution in [0.5, 0.6) is 0 Å². The van der Waals surface area contributed by atoms with Gasteiger partial charge in [0.1, 0.15) is 5.82 Å². The Morgan fingerprint density at radius 1 is 1.23 bits per heavy atom. The maximum absolute atomic E-state index is 13.6. The van der Waals surface area contributed by atoms with E-state index in [4.69, 9.17) is 16.1 Å². The van der Waals surface area contributed by atoms with Crippen molar-refractivity contribution in [2.45, 2.75) is 19.3 Å². The number of benzene rings is 2. The average Bonchev–Trinajstić information content (AvgIpc) is 3.25. The van der Waals surface area contributed by atoms with Crippen LogP contribution in [0.25, 0.3) is 11.4 Å². The minimum Gasteiger partial charge on any atom is -0.339 e. The Balaban J connectivity index is 1.55. The molecule has 1 unspecified atom stereocenters. The van der Waals surface area contributed by atoms with E-state index >= 15 is 0 Å². The number of nitrogens with zero attached hydrogens (tertiary/aromatic N) is 3. The summed E-state index contributed by atoms with van der Waals surface area (Å²) in [6.45, 7) is 2.47.